The standard InChI is InChI=1S/C18H26N6O4S/c1-13-11-23(12-14(2)28-13)29(26,27)22-9-7-21(8-10-22)18(25)16-15(3)20-24-6-4-5-19-17(16)24/h4-6,13-14H,7-12H2,1-3H3. The van der Waals surface area contributed by atoms with Gasteiger partial charge in [-0.1, -0.05) is 0 Å². The lowest BCUT2D eigenvalue weighted by molar-refractivity contribution is -0.0457. The Bertz CT molecular complexity index is 1000. The number of aromatic nitrogens is 3. The highest BCUT2D eigenvalue weighted by Crippen LogP contribution is 2.21. The molecule has 2 aromatic heterocycles. The first kappa shape index (κ1) is 20.2. The fraction of sp³-hybridized carbons (Fsp3) is 0.611. The summed E-state index contributed by atoms with van der Waals surface area (Å²) in [6.07, 6.45) is 3.10. The molecule has 158 valence electrons. The number of rotatable bonds is 3. The van der Waals surface area contributed by atoms with E-state index in [-0.39, 0.29) is 31.2 Å². The predicted molar refractivity (Wildman–Crippen MR) is 106 cm³/mol. The van der Waals surface area contributed by atoms with Crippen LogP contribution in [0.5, 0.6) is 0 Å². The third kappa shape index (κ3) is 3.75. The first-order chi connectivity index (χ1) is 13.8. The number of carbonyl (C=O) groups excluding carboxylic acids is 1. The van der Waals surface area contributed by atoms with E-state index in [1.54, 1.807) is 34.8 Å². The maximum absolute atomic E-state index is 13.1. The maximum atomic E-state index is 13.1. The number of morpholine rings is 1. The van der Waals surface area contributed by atoms with Gasteiger partial charge < -0.3 is 9.64 Å². The molecule has 10 nitrogen and oxygen atoms in total. The molecule has 4 heterocycles. The van der Waals surface area contributed by atoms with E-state index >= 15 is 0 Å². The second-order valence-electron chi connectivity index (χ2n) is 7.62. The van der Waals surface area contributed by atoms with Crippen molar-refractivity contribution in [1.82, 2.24) is 28.1 Å². The monoisotopic (exact) mass is 422 g/mol. The van der Waals surface area contributed by atoms with Crippen LogP contribution in [-0.4, -0.2) is 93.9 Å². The van der Waals surface area contributed by atoms with E-state index in [1.807, 2.05) is 13.8 Å². The van der Waals surface area contributed by atoms with Crippen molar-refractivity contribution in [3.05, 3.63) is 29.7 Å². The Morgan fingerprint density at radius 3 is 2.41 bits per heavy atom. The summed E-state index contributed by atoms with van der Waals surface area (Å²) in [5, 5.41) is 4.34. The summed E-state index contributed by atoms with van der Waals surface area (Å²) in [4.78, 5) is 19.0. The number of piperazine rings is 1. The molecule has 0 aliphatic carbocycles. The number of ether oxygens (including phenoxy) is 1. The van der Waals surface area contributed by atoms with Crippen LogP contribution in [-0.2, 0) is 14.9 Å². The van der Waals surface area contributed by atoms with Crippen LogP contribution in [0.3, 0.4) is 0 Å². The van der Waals surface area contributed by atoms with Gasteiger partial charge in [-0.15, -0.1) is 0 Å². The van der Waals surface area contributed by atoms with Crippen molar-refractivity contribution in [3.63, 3.8) is 0 Å². The number of fused-ring (bicyclic) bond motifs is 1. The summed E-state index contributed by atoms with van der Waals surface area (Å²) < 4.78 is 36.3. The molecule has 0 bridgehead atoms. The highest BCUT2D eigenvalue weighted by molar-refractivity contribution is 7.86. The van der Waals surface area contributed by atoms with Gasteiger partial charge in [-0.2, -0.15) is 22.1 Å². The minimum absolute atomic E-state index is 0.137. The number of amides is 1. The first-order valence-corrected chi connectivity index (χ1v) is 11.2. The van der Waals surface area contributed by atoms with E-state index in [4.69, 9.17) is 4.74 Å². The van der Waals surface area contributed by atoms with E-state index < -0.39 is 10.2 Å². The summed E-state index contributed by atoms with van der Waals surface area (Å²) in [6.45, 7) is 7.41. The van der Waals surface area contributed by atoms with Crippen molar-refractivity contribution in [2.45, 2.75) is 33.0 Å². The molecule has 2 saturated heterocycles. The molecule has 0 spiro atoms. The van der Waals surface area contributed by atoms with Gasteiger partial charge in [0.15, 0.2) is 5.65 Å². The van der Waals surface area contributed by atoms with Crippen LogP contribution in [0.2, 0.25) is 0 Å². The van der Waals surface area contributed by atoms with Crippen molar-refractivity contribution in [3.8, 4) is 0 Å². The minimum atomic E-state index is -3.58. The largest absolute Gasteiger partial charge is 0.373 e. The molecule has 1 amide bonds. The zero-order chi connectivity index (χ0) is 20.8. The molecule has 2 atom stereocenters. The topological polar surface area (TPSA) is 100 Å². The molecule has 11 heteroatoms. The molecule has 2 unspecified atom stereocenters. The zero-order valence-electron chi connectivity index (χ0n) is 16.9. The molecule has 29 heavy (non-hydrogen) atoms. The van der Waals surface area contributed by atoms with Crippen molar-refractivity contribution in [2.24, 2.45) is 0 Å². The van der Waals surface area contributed by atoms with Crippen molar-refractivity contribution in [2.75, 3.05) is 39.3 Å². The average Bonchev–Trinajstić information content (AvgIpc) is 3.02. The quantitative estimate of drug-likeness (QED) is 0.698. The Morgan fingerprint density at radius 2 is 1.76 bits per heavy atom. The highest BCUT2D eigenvalue weighted by Gasteiger charge is 2.37. The molecular formula is C18H26N6O4S. The number of hydrogen-bond acceptors (Lipinski definition) is 6. The molecule has 2 aliphatic heterocycles. The second-order valence-corrected chi connectivity index (χ2v) is 9.55. The number of nitrogens with zero attached hydrogens (tertiary/aromatic N) is 6. The summed E-state index contributed by atoms with van der Waals surface area (Å²) in [7, 11) is -3.58. The number of hydrogen-bond donors (Lipinski definition) is 0. The summed E-state index contributed by atoms with van der Waals surface area (Å²) in [6, 6.07) is 1.75. The van der Waals surface area contributed by atoms with Crippen LogP contribution in [0.25, 0.3) is 5.65 Å². The van der Waals surface area contributed by atoms with Crippen LogP contribution >= 0.6 is 0 Å². The van der Waals surface area contributed by atoms with Gasteiger partial charge in [-0.05, 0) is 26.8 Å². The lowest BCUT2D eigenvalue weighted by Gasteiger charge is -2.40. The second kappa shape index (κ2) is 7.63. The Balaban J connectivity index is 1.46. The molecule has 0 radical (unpaired) electrons. The van der Waals surface area contributed by atoms with Gasteiger partial charge >= 0.3 is 0 Å². The predicted octanol–water partition coefficient (Wildman–Crippen LogP) is 0.150. The Hall–Kier alpha value is -2.08. The van der Waals surface area contributed by atoms with E-state index in [9.17, 15) is 13.2 Å². The smallest absolute Gasteiger partial charge is 0.282 e. The van der Waals surface area contributed by atoms with E-state index in [1.165, 1.54) is 8.61 Å². The van der Waals surface area contributed by atoms with Gasteiger partial charge in [0.05, 0.1) is 17.9 Å². The van der Waals surface area contributed by atoms with Crippen molar-refractivity contribution >= 4 is 21.8 Å². The molecule has 2 aliphatic rings. The lowest BCUT2D eigenvalue weighted by Crippen LogP contribution is -2.57. The molecule has 2 aromatic rings. The highest BCUT2D eigenvalue weighted by atomic mass is 32.2. The van der Waals surface area contributed by atoms with Crippen LogP contribution in [0.4, 0.5) is 0 Å². The number of carbonyl (C=O) groups is 1. The Kier molecular flexibility index (Phi) is 5.32. The van der Waals surface area contributed by atoms with Crippen LogP contribution in [0, 0.1) is 6.92 Å². The zero-order valence-corrected chi connectivity index (χ0v) is 17.7. The van der Waals surface area contributed by atoms with Crippen molar-refractivity contribution in [1.29, 1.82) is 0 Å². The van der Waals surface area contributed by atoms with Gasteiger partial charge in [0.2, 0.25) is 0 Å². The maximum Gasteiger partial charge on any atom is 0.282 e. The van der Waals surface area contributed by atoms with Gasteiger partial charge in [-0.3, -0.25) is 4.79 Å². The third-order valence-electron chi connectivity index (χ3n) is 5.35. The van der Waals surface area contributed by atoms with Gasteiger partial charge in [0.25, 0.3) is 16.1 Å². The Morgan fingerprint density at radius 1 is 1.10 bits per heavy atom. The fourth-order valence-corrected chi connectivity index (χ4v) is 5.76. The number of aryl methyl sites for hydroxylation is 1. The average molecular weight is 423 g/mol. The molecular weight excluding hydrogens is 396 g/mol. The van der Waals surface area contributed by atoms with Crippen molar-refractivity contribution < 1.29 is 17.9 Å². The van der Waals surface area contributed by atoms with Gasteiger partial charge in [0, 0.05) is 51.7 Å². The summed E-state index contributed by atoms with van der Waals surface area (Å²) in [5.41, 5.74) is 1.60. The van der Waals surface area contributed by atoms with Crippen LogP contribution in [0.15, 0.2) is 18.5 Å². The van der Waals surface area contributed by atoms with Gasteiger partial charge in [-0.25, -0.2) is 9.50 Å². The van der Waals surface area contributed by atoms with E-state index in [0.29, 0.717) is 43.1 Å². The molecule has 4 rings (SSSR count). The fourth-order valence-electron chi connectivity index (χ4n) is 4.01. The third-order valence-corrected chi connectivity index (χ3v) is 7.32. The van der Waals surface area contributed by atoms with Crippen LogP contribution < -0.4 is 0 Å². The first-order valence-electron chi connectivity index (χ1n) is 9.77. The van der Waals surface area contributed by atoms with Gasteiger partial charge in [0.1, 0.15) is 5.56 Å². The van der Waals surface area contributed by atoms with E-state index in [2.05, 4.69) is 10.1 Å². The summed E-state index contributed by atoms with van der Waals surface area (Å²) >= 11 is 0. The minimum Gasteiger partial charge on any atom is -0.373 e. The SMILES string of the molecule is Cc1nn2cccnc2c1C(=O)N1CCN(S(=O)(=O)N2CC(C)OC(C)C2)CC1. The van der Waals surface area contributed by atoms with E-state index in [0.717, 1.165) is 0 Å². The lowest BCUT2D eigenvalue weighted by atomic mass is 10.2. The molecule has 0 saturated carbocycles. The molecule has 2 fully saturated rings. The normalized spacial score (nSPS) is 24.9. The molecule has 0 N–H and O–H groups in total. The molecule has 0 aromatic carbocycles. The summed E-state index contributed by atoms with van der Waals surface area (Å²) in [5.74, 6) is -0.165. The van der Waals surface area contributed by atoms with Crippen LogP contribution in [0.1, 0.15) is 29.9 Å². The Labute approximate surface area is 170 Å².